The Labute approximate surface area is 199 Å². The summed E-state index contributed by atoms with van der Waals surface area (Å²) < 4.78 is 0. The monoisotopic (exact) mass is 482 g/mol. The molecule has 3 N–H and O–H groups in total. The SMILES string of the molecule is CC(C)c1c(C#N)c(N)nc(SCCC(=O)Nc2nc(-c3ccc(Cl)cc3)cs2)c1C#N. The van der Waals surface area contributed by atoms with Gasteiger partial charge < -0.3 is 11.1 Å². The lowest BCUT2D eigenvalue weighted by Gasteiger charge is -2.15. The number of nitriles is 2. The minimum atomic E-state index is -0.196. The molecule has 0 atom stereocenters. The zero-order valence-electron chi connectivity index (χ0n) is 17.3. The van der Waals surface area contributed by atoms with Gasteiger partial charge in [0.15, 0.2) is 5.13 Å². The number of hydrogen-bond donors (Lipinski definition) is 2. The van der Waals surface area contributed by atoms with Gasteiger partial charge in [-0.05, 0) is 23.6 Å². The first-order valence-electron chi connectivity index (χ1n) is 9.61. The maximum absolute atomic E-state index is 12.4. The molecule has 0 aliphatic carbocycles. The Morgan fingerprint density at radius 2 is 1.91 bits per heavy atom. The molecule has 162 valence electrons. The second-order valence-electron chi connectivity index (χ2n) is 7.04. The average Bonchev–Trinajstić information content (AvgIpc) is 3.22. The van der Waals surface area contributed by atoms with Gasteiger partial charge in [0.1, 0.15) is 23.0 Å². The lowest BCUT2D eigenvalue weighted by Crippen LogP contribution is -2.12. The van der Waals surface area contributed by atoms with Crippen LogP contribution in [0.4, 0.5) is 10.9 Å². The van der Waals surface area contributed by atoms with Crippen LogP contribution >= 0.6 is 34.7 Å². The summed E-state index contributed by atoms with van der Waals surface area (Å²) in [4.78, 5) is 21.0. The molecule has 1 aromatic carbocycles. The normalized spacial score (nSPS) is 10.6. The van der Waals surface area contributed by atoms with Gasteiger partial charge in [-0.3, -0.25) is 4.79 Å². The fourth-order valence-electron chi connectivity index (χ4n) is 3.01. The van der Waals surface area contributed by atoms with Crippen LogP contribution in [0.3, 0.4) is 0 Å². The molecule has 0 radical (unpaired) electrons. The predicted molar refractivity (Wildman–Crippen MR) is 129 cm³/mol. The van der Waals surface area contributed by atoms with Gasteiger partial charge in [-0.2, -0.15) is 10.5 Å². The van der Waals surface area contributed by atoms with Crippen LogP contribution in [0.2, 0.25) is 5.02 Å². The number of rotatable bonds is 7. The fraction of sp³-hybridized carbons (Fsp3) is 0.227. The number of nitrogens with zero attached hydrogens (tertiary/aromatic N) is 4. The van der Waals surface area contributed by atoms with Gasteiger partial charge in [0.05, 0.1) is 16.8 Å². The van der Waals surface area contributed by atoms with Gasteiger partial charge in [0, 0.05) is 28.1 Å². The van der Waals surface area contributed by atoms with E-state index in [0.29, 0.717) is 32.1 Å². The van der Waals surface area contributed by atoms with E-state index < -0.39 is 0 Å². The smallest absolute Gasteiger partial charge is 0.226 e. The molecule has 10 heteroatoms. The van der Waals surface area contributed by atoms with Gasteiger partial charge >= 0.3 is 0 Å². The highest BCUT2D eigenvalue weighted by Gasteiger charge is 2.21. The number of nitrogens with two attached hydrogens (primary N) is 1. The standard InChI is InChI=1S/C22H19ClN6OS2/c1-12(2)19-15(9-24)20(26)29-21(16(19)10-25)31-8-7-18(30)28-22-27-17(11-32-22)13-3-5-14(23)6-4-13/h3-6,11-12H,7-8H2,1-2H3,(H2,26,29)(H,27,28,30). The highest BCUT2D eigenvalue weighted by Crippen LogP contribution is 2.33. The van der Waals surface area contributed by atoms with Gasteiger partial charge in [-0.15, -0.1) is 23.1 Å². The van der Waals surface area contributed by atoms with Crippen molar-refractivity contribution in [1.82, 2.24) is 9.97 Å². The summed E-state index contributed by atoms with van der Waals surface area (Å²) in [7, 11) is 0. The van der Waals surface area contributed by atoms with Gasteiger partial charge in [-0.1, -0.05) is 37.6 Å². The summed E-state index contributed by atoms with van der Waals surface area (Å²) in [6.45, 7) is 3.79. The molecule has 3 aromatic rings. The van der Waals surface area contributed by atoms with Crippen molar-refractivity contribution in [1.29, 1.82) is 10.5 Å². The molecule has 2 aromatic heterocycles. The predicted octanol–water partition coefficient (Wildman–Crippen LogP) is 5.43. The van der Waals surface area contributed by atoms with E-state index >= 15 is 0 Å². The third kappa shape index (κ3) is 5.38. The van der Waals surface area contributed by atoms with Crippen molar-refractivity contribution in [2.45, 2.75) is 31.2 Å². The zero-order valence-corrected chi connectivity index (χ0v) is 19.7. The molecule has 0 fully saturated rings. The van der Waals surface area contributed by atoms with E-state index in [0.717, 1.165) is 11.3 Å². The van der Waals surface area contributed by atoms with Crippen molar-refractivity contribution < 1.29 is 4.79 Å². The first-order chi connectivity index (χ1) is 15.3. The molecule has 32 heavy (non-hydrogen) atoms. The molecular formula is C22H19ClN6OS2. The maximum atomic E-state index is 12.4. The Balaban J connectivity index is 1.64. The molecule has 0 spiro atoms. The molecule has 7 nitrogen and oxygen atoms in total. The topological polar surface area (TPSA) is 128 Å². The number of nitrogen functional groups attached to an aromatic ring is 1. The Kier molecular flexibility index (Phi) is 7.70. The molecular weight excluding hydrogens is 464 g/mol. The quantitative estimate of drug-likeness (QED) is 0.429. The number of halogens is 1. The van der Waals surface area contributed by atoms with E-state index in [1.165, 1.54) is 23.1 Å². The number of hydrogen-bond acceptors (Lipinski definition) is 8. The van der Waals surface area contributed by atoms with E-state index in [-0.39, 0.29) is 29.6 Å². The number of pyridine rings is 1. The molecule has 3 rings (SSSR count). The largest absolute Gasteiger partial charge is 0.383 e. The summed E-state index contributed by atoms with van der Waals surface area (Å²) in [5.41, 5.74) is 8.77. The summed E-state index contributed by atoms with van der Waals surface area (Å²) in [5, 5.41) is 25.3. The molecule has 0 saturated carbocycles. The molecule has 0 aliphatic rings. The number of thioether (sulfide) groups is 1. The van der Waals surface area contributed by atoms with Crippen molar-refractivity contribution in [3.63, 3.8) is 0 Å². The fourth-order valence-corrected chi connectivity index (χ4v) is 4.82. The van der Waals surface area contributed by atoms with E-state index in [1.54, 1.807) is 12.1 Å². The summed E-state index contributed by atoms with van der Waals surface area (Å²) >= 11 is 8.52. The molecule has 1 amide bonds. The van der Waals surface area contributed by atoms with Crippen LogP contribution in [0.1, 0.15) is 42.9 Å². The minimum absolute atomic E-state index is 0.0630. The van der Waals surface area contributed by atoms with Crippen molar-refractivity contribution in [2.24, 2.45) is 0 Å². The van der Waals surface area contributed by atoms with E-state index in [1.807, 2.05) is 37.4 Å². The first kappa shape index (κ1) is 23.6. The summed E-state index contributed by atoms with van der Waals surface area (Å²) in [6.07, 6.45) is 0.198. The minimum Gasteiger partial charge on any atom is -0.383 e. The van der Waals surface area contributed by atoms with Crippen molar-refractivity contribution in [3.8, 4) is 23.4 Å². The van der Waals surface area contributed by atoms with Crippen LogP contribution < -0.4 is 11.1 Å². The first-order valence-corrected chi connectivity index (χ1v) is 11.9. The van der Waals surface area contributed by atoms with E-state index in [9.17, 15) is 15.3 Å². The molecule has 0 aliphatic heterocycles. The van der Waals surface area contributed by atoms with E-state index in [4.69, 9.17) is 17.3 Å². The van der Waals surface area contributed by atoms with Crippen LogP contribution in [-0.2, 0) is 4.79 Å². The number of aromatic nitrogens is 2. The highest BCUT2D eigenvalue weighted by molar-refractivity contribution is 7.99. The number of anilines is 2. The molecule has 2 heterocycles. The Morgan fingerprint density at radius 3 is 2.53 bits per heavy atom. The molecule has 0 saturated heterocycles. The second kappa shape index (κ2) is 10.5. The molecule has 0 bridgehead atoms. The van der Waals surface area contributed by atoms with Gasteiger partial charge in [0.25, 0.3) is 0 Å². The number of carbonyl (C=O) groups is 1. The Bertz CT molecular complexity index is 1220. The van der Waals surface area contributed by atoms with Crippen LogP contribution in [0.15, 0.2) is 34.7 Å². The summed E-state index contributed by atoms with van der Waals surface area (Å²) in [5.74, 6) is 0.233. The number of nitrogens with one attached hydrogen (secondary N) is 1. The van der Waals surface area contributed by atoms with Crippen LogP contribution in [0.5, 0.6) is 0 Å². The Hall–Kier alpha value is -3.11. The lowest BCUT2D eigenvalue weighted by atomic mass is 9.94. The number of amides is 1. The Morgan fingerprint density at radius 1 is 1.22 bits per heavy atom. The van der Waals surface area contributed by atoms with Crippen LogP contribution in [-0.4, -0.2) is 21.6 Å². The third-order valence-corrected chi connectivity index (χ3v) is 6.48. The van der Waals surface area contributed by atoms with Crippen LogP contribution in [0, 0.1) is 22.7 Å². The zero-order chi connectivity index (χ0) is 23.3. The number of carbonyl (C=O) groups excluding carboxylic acids is 1. The van der Waals surface area contributed by atoms with Crippen molar-refractivity contribution in [2.75, 3.05) is 16.8 Å². The van der Waals surface area contributed by atoms with Crippen LogP contribution in [0.25, 0.3) is 11.3 Å². The van der Waals surface area contributed by atoms with Crippen molar-refractivity contribution >= 4 is 51.6 Å². The average molecular weight is 483 g/mol. The van der Waals surface area contributed by atoms with Gasteiger partial charge in [0.2, 0.25) is 5.91 Å². The second-order valence-corrected chi connectivity index (χ2v) is 9.41. The highest BCUT2D eigenvalue weighted by atomic mass is 35.5. The maximum Gasteiger partial charge on any atom is 0.226 e. The van der Waals surface area contributed by atoms with Crippen molar-refractivity contribution in [3.05, 3.63) is 51.4 Å². The summed E-state index contributed by atoms with van der Waals surface area (Å²) in [6, 6.07) is 11.5. The number of benzene rings is 1. The third-order valence-electron chi connectivity index (χ3n) is 4.49. The van der Waals surface area contributed by atoms with Gasteiger partial charge in [-0.25, -0.2) is 9.97 Å². The van der Waals surface area contributed by atoms with E-state index in [2.05, 4.69) is 21.4 Å². The molecule has 0 unspecified atom stereocenters. The lowest BCUT2D eigenvalue weighted by molar-refractivity contribution is -0.115. The number of thiazole rings is 1.